The molecule has 1 N–H and O–H groups in total. The van der Waals surface area contributed by atoms with Gasteiger partial charge in [0, 0.05) is 27.3 Å². The van der Waals surface area contributed by atoms with Crippen LogP contribution in [-0.2, 0) is 16.1 Å². The Balaban J connectivity index is 1.29. The Hall–Kier alpha value is -3.04. The standard InChI is InChI=1S/C29H30N2O5S2/c1-3-36-28(33)16-10-12-19(13-11-16)30-22(32)15-31-27-26(38-29(31)34)24(20-6-4-5-7-21(20)35-2)23-17-8-9-18(14-17)25(23)37-27/h4-7,10-13,17-18,23-25H,3,8-9,14-15H2,1-2H3,(H,30,32)/t17?,18?,23?,24-,25?/m0/s1. The number of thioether (sulfide) groups is 1. The van der Waals surface area contributed by atoms with Crippen molar-refractivity contribution in [2.75, 3.05) is 19.0 Å². The molecule has 5 atom stereocenters. The number of methoxy groups -OCH3 is 1. The smallest absolute Gasteiger partial charge is 0.338 e. The first-order valence-corrected chi connectivity index (χ1v) is 14.8. The van der Waals surface area contributed by atoms with Crippen molar-refractivity contribution in [3.05, 3.63) is 74.2 Å². The van der Waals surface area contributed by atoms with Crippen LogP contribution < -0.4 is 14.9 Å². The molecule has 0 saturated heterocycles. The molecule has 2 saturated carbocycles. The van der Waals surface area contributed by atoms with Crippen molar-refractivity contribution in [1.29, 1.82) is 0 Å². The Morgan fingerprint density at radius 2 is 1.84 bits per heavy atom. The first-order valence-electron chi connectivity index (χ1n) is 13.1. The number of carbonyl (C=O) groups excluding carboxylic acids is 2. The van der Waals surface area contributed by atoms with Crippen LogP contribution in [0, 0.1) is 17.8 Å². The maximum atomic E-state index is 13.3. The van der Waals surface area contributed by atoms with Crippen LogP contribution in [0.4, 0.5) is 5.69 Å². The van der Waals surface area contributed by atoms with Gasteiger partial charge in [-0.25, -0.2) is 4.79 Å². The molecule has 3 aliphatic rings. The van der Waals surface area contributed by atoms with Gasteiger partial charge in [-0.1, -0.05) is 29.5 Å². The molecular weight excluding hydrogens is 520 g/mol. The average molecular weight is 551 g/mol. The maximum Gasteiger partial charge on any atom is 0.338 e. The topological polar surface area (TPSA) is 86.6 Å². The van der Waals surface area contributed by atoms with Gasteiger partial charge in [0.25, 0.3) is 0 Å². The van der Waals surface area contributed by atoms with Gasteiger partial charge in [-0.3, -0.25) is 14.2 Å². The first-order chi connectivity index (χ1) is 18.5. The van der Waals surface area contributed by atoms with Gasteiger partial charge in [-0.15, -0.1) is 11.8 Å². The second-order valence-electron chi connectivity index (χ2n) is 10.2. The Morgan fingerprint density at radius 1 is 1.08 bits per heavy atom. The molecule has 38 heavy (non-hydrogen) atoms. The van der Waals surface area contributed by atoms with E-state index in [1.54, 1.807) is 42.9 Å². The van der Waals surface area contributed by atoms with E-state index in [0.717, 1.165) is 21.2 Å². The normalized spacial score (nSPS) is 24.9. The van der Waals surface area contributed by atoms with Gasteiger partial charge in [-0.05, 0) is 74.3 Å². The molecule has 2 aliphatic carbocycles. The Kier molecular flexibility index (Phi) is 6.82. The summed E-state index contributed by atoms with van der Waals surface area (Å²) in [5.41, 5.74) is 2.12. The van der Waals surface area contributed by atoms with E-state index in [-0.39, 0.29) is 23.2 Å². The fraction of sp³-hybridized carbons (Fsp3) is 0.414. The van der Waals surface area contributed by atoms with Crippen molar-refractivity contribution in [3.8, 4) is 5.75 Å². The van der Waals surface area contributed by atoms with E-state index in [4.69, 9.17) is 9.47 Å². The van der Waals surface area contributed by atoms with Crippen LogP contribution in [0.2, 0.25) is 0 Å². The van der Waals surface area contributed by atoms with Crippen LogP contribution >= 0.6 is 23.1 Å². The molecule has 2 bridgehead atoms. The maximum absolute atomic E-state index is 13.3. The number of amides is 1. The van der Waals surface area contributed by atoms with Crippen LogP contribution in [0.15, 0.2) is 58.4 Å². The molecule has 9 heteroatoms. The number of nitrogens with zero attached hydrogens (tertiary/aromatic N) is 1. The third-order valence-corrected chi connectivity index (χ3v) is 11.0. The number of thiazole rings is 1. The number of benzene rings is 2. The van der Waals surface area contributed by atoms with Crippen molar-refractivity contribution in [2.45, 2.75) is 48.9 Å². The van der Waals surface area contributed by atoms with Gasteiger partial charge in [0.05, 0.1) is 24.3 Å². The molecule has 2 fully saturated rings. The van der Waals surface area contributed by atoms with Crippen LogP contribution in [0.25, 0.3) is 0 Å². The second-order valence-corrected chi connectivity index (χ2v) is 12.3. The van der Waals surface area contributed by atoms with Crippen LogP contribution in [0.5, 0.6) is 5.75 Å². The van der Waals surface area contributed by atoms with Gasteiger partial charge in [0.2, 0.25) is 5.91 Å². The van der Waals surface area contributed by atoms with E-state index < -0.39 is 5.97 Å². The molecule has 1 aromatic heterocycles. The summed E-state index contributed by atoms with van der Waals surface area (Å²) in [7, 11) is 1.70. The molecule has 2 heterocycles. The summed E-state index contributed by atoms with van der Waals surface area (Å²) >= 11 is 3.08. The summed E-state index contributed by atoms with van der Waals surface area (Å²) in [6.07, 6.45) is 3.74. The third kappa shape index (κ3) is 4.35. The minimum atomic E-state index is -0.401. The van der Waals surface area contributed by atoms with Crippen molar-refractivity contribution in [2.24, 2.45) is 17.8 Å². The van der Waals surface area contributed by atoms with Crippen molar-refractivity contribution in [3.63, 3.8) is 0 Å². The quantitative estimate of drug-likeness (QED) is 0.397. The average Bonchev–Trinajstić information content (AvgIpc) is 3.62. The minimum absolute atomic E-state index is 0.0541. The molecule has 7 nitrogen and oxygen atoms in total. The Labute approximate surface area is 229 Å². The number of hydrogen-bond acceptors (Lipinski definition) is 7. The zero-order chi connectivity index (χ0) is 26.4. The number of rotatable bonds is 7. The highest BCUT2D eigenvalue weighted by molar-refractivity contribution is 8.00. The van der Waals surface area contributed by atoms with E-state index in [9.17, 15) is 14.4 Å². The van der Waals surface area contributed by atoms with Gasteiger partial charge in [-0.2, -0.15) is 0 Å². The molecule has 2 aromatic carbocycles. The Bertz CT molecular complexity index is 1430. The van der Waals surface area contributed by atoms with Crippen LogP contribution in [0.1, 0.15) is 52.9 Å². The molecule has 3 aromatic rings. The highest BCUT2D eigenvalue weighted by Gasteiger charge is 2.55. The van der Waals surface area contributed by atoms with E-state index in [0.29, 0.717) is 40.9 Å². The lowest BCUT2D eigenvalue weighted by Gasteiger charge is -2.40. The molecule has 6 rings (SSSR count). The number of fused-ring (bicyclic) bond motifs is 6. The molecule has 4 unspecified atom stereocenters. The number of esters is 1. The minimum Gasteiger partial charge on any atom is -0.496 e. The van der Waals surface area contributed by atoms with Crippen molar-refractivity contribution in [1.82, 2.24) is 4.57 Å². The second kappa shape index (κ2) is 10.3. The number of hydrogen-bond donors (Lipinski definition) is 1. The summed E-state index contributed by atoms with van der Waals surface area (Å²) in [4.78, 5) is 39.2. The van der Waals surface area contributed by atoms with Crippen molar-refractivity contribution < 1.29 is 19.1 Å². The zero-order valence-corrected chi connectivity index (χ0v) is 23.0. The largest absolute Gasteiger partial charge is 0.496 e. The molecule has 0 spiro atoms. The van der Waals surface area contributed by atoms with E-state index in [1.807, 2.05) is 30.0 Å². The monoisotopic (exact) mass is 550 g/mol. The summed E-state index contributed by atoms with van der Waals surface area (Å²) in [5.74, 6) is 2.06. The number of para-hydroxylation sites is 1. The van der Waals surface area contributed by atoms with Gasteiger partial charge < -0.3 is 14.8 Å². The van der Waals surface area contributed by atoms with E-state index in [1.165, 1.54) is 30.6 Å². The number of carbonyl (C=O) groups is 2. The van der Waals surface area contributed by atoms with E-state index >= 15 is 0 Å². The fourth-order valence-corrected chi connectivity index (χ4v) is 9.75. The lowest BCUT2D eigenvalue weighted by Crippen LogP contribution is -2.35. The zero-order valence-electron chi connectivity index (χ0n) is 21.3. The predicted octanol–water partition coefficient (Wildman–Crippen LogP) is 5.39. The summed E-state index contributed by atoms with van der Waals surface area (Å²) in [5, 5.41) is 4.24. The lowest BCUT2D eigenvalue weighted by molar-refractivity contribution is -0.116. The molecule has 1 aliphatic heterocycles. The molecule has 1 amide bonds. The predicted molar refractivity (Wildman–Crippen MR) is 148 cm³/mol. The number of nitrogens with one attached hydrogen (secondary N) is 1. The highest BCUT2D eigenvalue weighted by Crippen LogP contribution is 2.64. The van der Waals surface area contributed by atoms with Gasteiger partial charge in [0.15, 0.2) is 0 Å². The summed E-state index contributed by atoms with van der Waals surface area (Å²) in [6, 6.07) is 14.7. The van der Waals surface area contributed by atoms with Gasteiger partial charge >= 0.3 is 10.8 Å². The molecular formula is C29H30N2O5S2. The SMILES string of the molecule is CCOC(=O)c1ccc(NC(=O)Cn2c3c(sc2=O)[C@@H](c2ccccc2OC)C2C4CCC(C4)C2S3)cc1. The van der Waals surface area contributed by atoms with Crippen LogP contribution in [-0.4, -0.2) is 35.4 Å². The molecule has 198 valence electrons. The third-order valence-electron chi connectivity index (χ3n) is 8.15. The number of anilines is 1. The summed E-state index contributed by atoms with van der Waals surface area (Å²) in [6.45, 7) is 2.00. The summed E-state index contributed by atoms with van der Waals surface area (Å²) < 4.78 is 12.4. The Morgan fingerprint density at radius 3 is 2.61 bits per heavy atom. The highest BCUT2D eigenvalue weighted by atomic mass is 32.2. The van der Waals surface area contributed by atoms with E-state index in [2.05, 4.69) is 11.4 Å². The fourth-order valence-electron chi connectivity index (χ4n) is 6.61. The lowest BCUT2D eigenvalue weighted by atomic mass is 9.74. The number of ether oxygens (including phenoxy) is 2. The van der Waals surface area contributed by atoms with Gasteiger partial charge in [0.1, 0.15) is 12.3 Å². The number of aromatic nitrogens is 1. The first kappa shape index (κ1) is 25.2. The van der Waals surface area contributed by atoms with Crippen molar-refractivity contribution >= 4 is 40.7 Å². The van der Waals surface area contributed by atoms with Crippen LogP contribution in [0.3, 0.4) is 0 Å². The molecule has 0 radical (unpaired) electrons.